The second-order valence-corrected chi connectivity index (χ2v) is 7.60. The summed E-state index contributed by atoms with van der Waals surface area (Å²) in [6.07, 6.45) is 9.02. The van der Waals surface area contributed by atoms with Gasteiger partial charge in [0.2, 0.25) is 0 Å². The molecule has 2 N–H and O–H groups in total. The summed E-state index contributed by atoms with van der Waals surface area (Å²) in [4.78, 5) is 35.2. The quantitative estimate of drug-likeness (QED) is 0.507. The van der Waals surface area contributed by atoms with Gasteiger partial charge in [0.1, 0.15) is 0 Å². The van der Waals surface area contributed by atoms with E-state index in [1.54, 1.807) is 36.7 Å². The van der Waals surface area contributed by atoms with Crippen LogP contribution in [0.25, 0.3) is 22.0 Å². The van der Waals surface area contributed by atoms with Crippen molar-refractivity contribution in [2.45, 2.75) is 12.8 Å². The number of amides is 1. The minimum absolute atomic E-state index is 0.188. The third-order valence-corrected chi connectivity index (χ3v) is 5.52. The van der Waals surface area contributed by atoms with E-state index in [-0.39, 0.29) is 5.69 Å². The first-order chi connectivity index (χ1) is 15.6. The molecule has 1 fully saturated rings. The Morgan fingerprint density at radius 1 is 0.969 bits per heavy atom. The van der Waals surface area contributed by atoms with Gasteiger partial charge in [-0.3, -0.25) is 9.97 Å². The van der Waals surface area contributed by atoms with Crippen LogP contribution >= 0.6 is 0 Å². The highest BCUT2D eigenvalue weighted by atomic mass is 16.4. The summed E-state index contributed by atoms with van der Waals surface area (Å²) >= 11 is 0. The predicted octanol–water partition coefficient (Wildman–Crippen LogP) is 3.87. The fraction of sp³-hybridized carbons (Fsp3) is 0.174. The Morgan fingerprint density at radius 3 is 2.56 bits per heavy atom. The van der Waals surface area contributed by atoms with Crippen molar-refractivity contribution in [2.24, 2.45) is 0 Å². The number of nitrogens with zero attached hydrogens (tertiary/aromatic N) is 5. The number of carboxylic acids is 1. The average Bonchev–Trinajstić information content (AvgIpc) is 3.48. The van der Waals surface area contributed by atoms with Gasteiger partial charge in [-0.25, -0.2) is 9.59 Å². The van der Waals surface area contributed by atoms with Crippen molar-refractivity contribution in [3.8, 4) is 11.1 Å². The third kappa shape index (κ3) is 3.64. The molecule has 1 aliphatic rings. The molecular formula is C23H20N6O3. The molecule has 9 nitrogen and oxygen atoms in total. The molecule has 0 unspecified atom stereocenters. The Kier molecular flexibility index (Phi) is 4.98. The van der Waals surface area contributed by atoms with E-state index in [1.165, 1.54) is 19.0 Å². The molecule has 1 aromatic carbocycles. The van der Waals surface area contributed by atoms with Crippen LogP contribution in [0, 0.1) is 0 Å². The summed E-state index contributed by atoms with van der Waals surface area (Å²) in [5, 5.41) is 16.8. The van der Waals surface area contributed by atoms with Crippen LogP contribution in [-0.4, -0.2) is 49.9 Å². The number of carboxylic acid groups (broad SMARTS) is 1. The fourth-order valence-corrected chi connectivity index (χ4v) is 3.96. The van der Waals surface area contributed by atoms with E-state index in [0.717, 1.165) is 34.6 Å². The maximum Gasteiger partial charge on any atom is 0.357 e. The van der Waals surface area contributed by atoms with Gasteiger partial charge in [-0.1, -0.05) is 6.07 Å². The molecule has 1 aliphatic heterocycles. The number of fused-ring (bicyclic) bond motifs is 1. The number of carbonyl (C=O) groups excluding carboxylic acids is 1. The Hall–Kier alpha value is -4.27. The van der Waals surface area contributed by atoms with Crippen LogP contribution in [0.3, 0.4) is 0 Å². The summed E-state index contributed by atoms with van der Waals surface area (Å²) in [7, 11) is 0. The van der Waals surface area contributed by atoms with Gasteiger partial charge in [-0.15, -0.1) is 0 Å². The van der Waals surface area contributed by atoms with E-state index in [0.29, 0.717) is 16.6 Å². The standard InChI is InChI=1S/C23H20N6O3/c30-22(31)21-19-11-15(16-10-18(14-25-12-16)28-8-1-2-9-28)5-6-20(19)29(27-21)23(32)26-17-4-3-7-24-13-17/h3-7,10-14H,1-2,8-9H2,(H,26,32)(H,30,31). The highest BCUT2D eigenvalue weighted by Gasteiger charge is 2.21. The molecule has 1 saturated heterocycles. The third-order valence-electron chi connectivity index (χ3n) is 5.52. The second kappa shape index (κ2) is 8.10. The number of aromatic nitrogens is 4. The number of carbonyl (C=O) groups is 2. The van der Waals surface area contributed by atoms with Gasteiger partial charge in [-0.2, -0.15) is 9.78 Å². The van der Waals surface area contributed by atoms with Crippen LogP contribution in [-0.2, 0) is 0 Å². The first kappa shape index (κ1) is 19.7. The number of aromatic carboxylic acids is 1. The molecule has 0 radical (unpaired) electrons. The van der Waals surface area contributed by atoms with E-state index in [9.17, 15) is 14.7 Å². The van der Waals surface area contributed by atoms with Gasteiger partial charge in [0, 0.05) is 36.4 Å². The molecule has 5 rings (SSSR count). The zero-order chi connectivity index (χ0) is 22.1. The molecule has 160 valence electrons. The number of nitrogens with one attached hydrogen (secondary N) is 1. The van der Waals surface area contributed by atoms with E-state index >= 15 is 0 Å². The monoisotopic (exact) mass is 428 g/mol. The van der Waals surface area contributed by atoms with Crippen LogP contribution in [0.15, 0.2) is 61.2 Å². The summed E-state index contributed by atoms with van der Waals surface area (Å²) in [6, 6.07) is 10.2. The van der Waals surface area contributed by atoms with Crippen LogP contribution in [0.5, 0.6) is 0 Å². The topological polar surface area (TPSA) is 113 Å². The number of pyridine rings is 2. The predicted molar refractivity (Wildman–Crippen MR) is 120 cm³/mol. The second-order valence-electron chi connectivity index (χ2n) is 7.60. The summed E-state index contributed by atoms with van der Waals surface area (Å²) in [6.45, 7) is 2.01. The van der Waals surface area contributed by atoms with Gasteiger partial charge in [-0.05, 0) is 48.7 Å². The highest BCUT2D eigenvalue weighted by Crippen LogP contribution is 2.29. The van der Waals surface area contributed by atoms with Gasteiger partial charge in [0.15, 0.2) is 5.69 Å². The summed E-state index contributed by atoms with van der Waals surface area (Å²) in [5.74, 6) is -1.20. The molecule has 0 saturated carbocycles. The lowest BCUT2D eigenvalue weighted by atomic mass is 10.0. The number of rotatable bonds is 4. The number of benzene rings is 1. The van der Waals surface area contributed by atoms with E-state index < -0.39 is 12.0 Å². The molecule has 0 aliphatic carbocycles. The Labute approximate surface area is 183 Å². The Balaban J connectivity index is 1.54. The SMILES string of the molecule is O=C(O)c1nn(C(=O)Nc2cccnc2)c2ccc(-c3cncc(N4CCCC4)c3)cc12. The van der Waals surface area contributed by atoms with E-state index in [2.05, 4.69) is 31.3 Å². The molecule has 1 amide bonds. The molecule has 4 aromatic rings. The highest BCUT2D eigenvalue weighted by molar-refractivity contribution is 6.06. The molecule has 3 aromatic heterocycles. The van der Waals surface area contributed by atoms with Gasteiger partial charge < -0.3 is 15.3 Å². The minimum Gasteiger partial charge on any atom is -0.476 e. The molecule has 9 heteroatoms. The Morgan fingerprint density at radius 2 is 1.81 bits per heavy atom. The fourth-order valence-electron chi connectivity index (χ4n) is 3.96. The zero-order valence-electron chi connectivity index (χ0n) is 17.1. The normalized spacial score (nSPS) is 13.4. The van der Waals surface area contributed by atoms with Crippen molar-refractivity contribution in [3.63, 3.8) is 0 Å². The van der Waals surface area contributed by atoms with Crippen molar-refractivity contribution < 1.29 is 14.7 Å². The largest absolute Gasteiger partial charge is 0.476 e. The summed E-state index contributed by atoms with van der Waals surface area (Å²) < 4.78 is 1.06. The number of anilines is 2. The molecule has 32 heavy (non-hydrogen) atoms. The van der Waals surface area contributed by atoms with Crippen molar-refractivity contribution in [1.29, 1.82) is 0 Å². The van der Waals surface area contributed by atoms with Crippen molar-refractivity contribution in [2.75, 3.05) is 23.3 Å². The molecule has 0 spiro atoms. The molecule has 0 bridgehead atoms. The lowest BCUT2D eigenvalue weighted by molar-refractivity contribution is 0.0692. The minimum atomic E-state index is -1.20. The smallest absolute Gasteiger partial charge is 0.357 e. The first-order valence-corrected chi connectivity index (χ1v) is 10.3. The van der Waals surface area contributed by atoms with Crippen LogP contribution in [0.1, 0.15) is 23.3 Å². The lowest BCUT2D eigenvalue weighted by Gasteiger charge is -2.17. The van der Waals surface area contributed by atoms with Gasteiger partial charge in [0.25, 0.3) is 0 Å². The van der Waals surface area contributed by atoms with E-state index in [1.807, 2.05) is 12.3 Å². The van der Waals surface area contributed by atoms with Gasteiger partial charge in [0.05, 0.1) is 29.3 Å². The van der Waals surface area contributed by atoms with E-state index in [4.69, 9.17) is 0 Å². The van der Waals surface area contributed by atoms with Crippen LogP contribution in [0.4, 0.5) is 16.2 Å². The van der Waals surface area contributed by atoms with Crippen molar-refractivity contribution in [3.05, 3.63) is 66.9 Å². The Bertz CT molecular complexity index is 1310. The molecule has 4 heterocycles. The van der Waals surface area contributed by atoms with Crippen molar-refractivity contribution >= 4 is 34.3 Å². The number of hydrogen-bond donors (Lipinski definition) is 2. The van der Waals surface area contributed by atoms with Crippen LogP contribution < -0.4 is 10.2 Å². The zero-order valence-corrected chi connectivity index (χ0v) is 17.1. The molecule has 0 atom stereocenters. The first-order valence-electron chi connectivity index (χ1n) is 10.3. The maximum absolute atomic E-state index is 12.8. The lowest BCUT2D eigenvalue weighted by Crippen LogP contribution is -2.21. The maximum atomic E-state index is 12.8. The molecular weight excluding hydrogens is 408 g/mol. The number of hydrogen-bond acceptors (Lipinski definition) is 6. The van der Waals surface area contributed by atoms with Crippen molar-refractivity contribution in [1.82, 2.24) is 19.7 Å². The summed E-state index contributed by atoms with van der Waals surface area (Å²) in [5.41, 5.74) is 3.42. The van der Waals surface area contributed by atoms with Gasteiger partial charge >= 0.3 is 12.0 Å². The van der Waals surface area contributed by atoms with Crippen LogP contribution in [0.2, 0.25) is 0 Å². The average molecular weight is 428 g/mol.